The normalized spacial score (nSPS) is 16.6. The van der Waals surface area contributed by atoms with Gasteiger partial charge in [0.25, 0.3) is 0 Å². The zero-order valence-corrected chi connectivity index (χ0v) is 25.4. The number of piperazine rings is 1. The summed E-state index contributed by atoms with van der Waals surface area (Å²) in [7, 11) is 2.01. The van der Waals surface area contributed by atoms with Gasteiger partial charge in [0.05, 0.1) is 17.1 Å². The van der Waals surface area contributed by atoms with Crippen LogP contribution in [0.3, 0.4) is 0 Å². The van der Waals surface area contributed by atoms with Crippen molar-refractivity contribution in [3.63, 3.8) is 0 Å². The van der Waals surface area contributed by atoms with Gasteiger partial charge in [0, 0.05) is 82.6 Å². The number of likely N-dealkylation sites (tertiary alicyclic amines) is 1. The van der Waals surface area contributed by atoms with Gasteiger partial charge in [-0.3, -0.25) is 4.99 Å². The zero-order chi connectivity index (χ0) is 29.2. The third kappa shape index (κ3) is 7.84. The number of aliphatic imine (C=N–C) groups is 1. The van der Waals surface area contributed by atoms with Gasteiger partial charge in [0.1, 0.15) is 0 Å². The van der Waals surface area contributed by atoms with Gasteiger partial charge in [-0.1, -0.05) is 44.0 Å². The van der Waals surface area contributed by atoms with Crippen LogP contribution in [0.1, 0.15) is 43.7 Å². The number of hydrogen-bond donors (Lipinski definition) is 2. The summed E-state index contributed by atoms with van der Waals surface area (Å²) in [5, 5.41) is 6.93. The average Bonchev–Trinajstić information content (AvgIpc) is 3.62. The molecule has 0 spiro atoms. The van der Waals surface area contributed by atoms with Crippen molar-refractivity contribution in [1.29, 1.82) is 0 Å². The topological polar surface area (TPSA) is 46.1 Å². The molecule has 6 heteroatoms. The number of allylic oxidation sites excluding steroid dienone is 3. The van der Waals surface area contributed by atoms with E-state index in [9.17, 15) is 0 Å². The molecule has 41 heavy (non-hydrogen) atoms. The Bertz CT molecular complexity index is 1280. The van der Waals surface area contributed by atoms with Gasteiger partial charge in [-0.05, 0) is 74.1 Å². The van der Waals surface area contributed by atoms with Gasteiger partial charge < -0.3 is 25.3 Å². The van der Waals surface area contributed by atoms with Gasteiger partial charge in [0.2, 0.25) is 0 Å². The van der Waals surface area contributed by atoms with E-state index in [2.05, 4.69) is 106 Å². The van der Waals surface area contributed by atoms with Crippen molar-refractivity contribution in [2.45, 2.75) is 39.5 Å². The molecule has 0 unspecified atom stereocenters. The molecular weight excluding hydrogens is 504 g/mol. The Morgan fingerprint density at radius 2 is 1.73 bits per heavy atom. The van der Waals surface area contributed by atoms with Crippen LogP contribution in [0.4, 0.5) is 17.1 Å². The van der Waals surface area contributed by atoms with Crippen LogP contribution in [-0.4, -0.2) is 64.0 Å². The van der Waals surface area contributed by atoms with E-state index >= 15 is 0 Å². The average molecular weight is 553 g/mol. The van der Waals surface area contributed by atoms with Crippen molar-refractivity contribution < 1.29 is 0 Å². The summed E-state index contributed by atoms with van der Waals surface area (Å²) in [6.07, 6.45) is 8.20. The van der Waals surface area contributed by atoms with Gasteiger partial charge in [-0.2, -0.15) is 0 Å². The summed E-state index contributed by atoms with van der Waals surface area (Å²) in [5.74, 6) is 0. The number of aryl methyl sites for hydroxylation is 1. The van der Waals surface area contributed by atoms with Crippen molar-refractivity contribution >= 4 is 29.0 Å². The molecular formula is C35H48N6. The van der Waals surface area contributed by atoms with Crippen LogP contribution in [-0.2, 0) is 0 Å². The van der Waals surface area contributed by atoms with Crippen LogP contribution in [0.25, 0.3) is 5.70 Å². The predicted molar refractivity (Wildman–Crippen MR) is 179 cm³/mol. The molecule has 3 heterocycles. The second kappa shape index (κ2) is 14.6. The maximum atomic E-state index is 4.29. The van der Waals surface area contributed by atoms with Crippen molar-refractivity contribution in [2.24, 2.45) is 4.99 Å². The highest BCUT2D eigenvalue weighted by Gasteiger charge is 2.21. The molecule has 0 atom stereocenters. The fraction of sp³-hybridized carbons (Fsp3) is 0.400. The number of benzene rings is 2. The fourth-order valence-electron chi connectivity index (χ4n) is 5.70. The number of para-hydroxylation sites is 1. The maximum absolute atomic E-state index is 4.29. The predicted octanol–water partition coefficient (Wildman–Crippen LogP) is 6.84. The third-order valence-corrected chi connectivity index (χ3v) is 8.23. The van der Waals surface area contributed by atoms with Crippen molar-refractivity contribution in [3.05, 3.63) is 96.4 Å². The first-order valence-electron chi connectivity index (χ1n) is 15.0. The number of rotatable bonds is 10. The quantitative estimate of drug-likeness (QED) is 0.316. The molecule has 0 aromatic heterocycles. The SMILES string of the molecule is C=C(NCCCN1CCCC1=C)c1ccc(N2CCN(c3ccccc3C)CC2)c(NC)c1.C=CC1=C(C)CC=N1. The van der Waals surface area contributed by atoms with Gasteiger partial charge in [-0.15, -0.1) is 0 Å². The van der Waals surface area contributed by atoms with Gasteiger partial charge in [-0.25, -0.2) is 0 Å². The van der Waals surface area contributed by atoms with Crippen LogP contribution >= 0.6 is 0 Å². The fourth-order valence-corrected chi connectivity index (χ4v) is 5.70. The smallest absolute Gasteiger partial charge is 0.0612 e. The minimum Gasteiger partial charge on any atom is -0.386 e. The third-order valence-electron chi connectivity index (χ3n) is 8.23. The minimum absolute atomic E-state index is 0.931. The van der Waals surface area contributed by atoms with Crippen molar-refractivity contribution in [2.75, 3.05) is 68.0 Å². The Morgan fingerprint density at radius 3 is 2.32 bits per heavy atom. The molecule has 6 nitrogen and oxygen atoms in total. The summed E-state index contributed by atoms with van der Waals surface area (Å²) in [6.45, 7) is 23.6. The summed E-state index contributed by atoms with van der Waals surface area (Å²) in [5.41, 5.74) is 10.9. The monoisotopic (exact) mass is 552 g/mol. The lowest BCUT2D eigenvalue weighted by Gasteiger charge is -2.38. The minimum atomic E-state index is 0.931. The lowest BCUT2D eigenvalue weighted by Crippen LogP contribution is -2.47. The number of anilines is 3. The van der Waals surface area contributed by atoms with Crippen molar-refractivity contribution in [1.82, 2.24) is 10.2 Å². The summed E-state index contributed by atoms with van der Waals surface area (Å²) in [6, 6.07) is 15.3. The second-order valence-corrected chi connectivity index (χ2v) is 11.0. The molecule has 0 saturated carbocycles. The summed E-state index contributed by atoms with van der Waals surface area (Å²) < 4.78 is 0. The summed E-state index contributed by atoms with van der Waals surface area (Å²) >= 11 is 0. The zero-order valence-electron chi connectivity index (χ0n) is 25.4. The Kier molecular flexibility index (Phi) is 10.7. The number of hydrogen-bond acceptors (Lipinski definition) is 6. The molecule has 0 bridgehead atoms. The molecule has 218 valence electrons. The lowest BCUT2D eigenvalue weighted by molar-refractivity contribution is 0.386. The second-order valence-electron chi connectivity index (χ2n) is 11.0. The Balaban J connectivity index is 0.000000417. The van der Waals surface area contributed by atoms with E-state index in [1.807, 2.05) is 13.3 Å². The molecule has 2 saturated heterocycles. The van der Waals surface area contributed by atoms with Crippen LogP contribution in [0, 0.1) is 6.92 Å². The van der Waals surface area contributed by atoms with Crippen LogP contribution < -0.4 is 20.4 Å². The molecule has 2 aromatic carbocycles. The number of nitrogens with zero attached hydrogens (tertiary/aromatic N) is 4. The Hall–Kier alpha value is -3.93. The van der Waals surface area contributed by atoms with E-state index in [4.69, 9.17) is 0 Å². The lowest BCUT2D eigenvalue weighted by atomic mass is 10.1. The molecule has 0 aliphatic carbocycles. The van der Waals surface area contributed by atoms with E-state index in [1.165, 1.54) is 34.6 Å². The first kappa shape index (κ1) is 30.0. The van der Waals surface area contributed by atoms with Crippen LogP contribution in [0.5, 0.6) is 0 Å². The Morgan fingerprint density at radius 1 is 1.00 bits per heavy atom. The van der Waals surface area contributed by atoms with E-state index in [0.29, 0.717) is 0 Å². The highest BCUT2D eigenvalue weighted by Crippen LogP contribution is 2.31. The standard InChI is InChI=1S/C28H39N5.C7H9N/c1-22-9-5-6-11-27(22)32-17-19-33(20-18-32)28-13-12-25(21-26(28)29-4)24(3)30-14-8-16-31-15-7-10-23(31)2;1-3-7-6(2)4-5-8-7/h5-6,9,11-13,21,29-30H,2-3,7-8,10,14-20H2,1,4H3;3,5H,1,4H2,2H3. The molecule has 3 aliphatic rings. The molecule has 3 aliphatic heterocycles. The first-order chi connectivity index (χ1) is 19.9. The van der Waals surface area contributed by atoms with E-state index in [0.717, 1.165) is 87.7 Å². The highest BCUT2D eigenvalue weighted by atomic mass is 15.3. The molecule has 0 radical (unpaired) electrons. The summed E-state index contributed by atoms with van der Waals surface area (Å²) in [4.78, 5) is 11.5. The Labute approximate surface area is 247 Å². The molecule has 2 N–H and O–H groups in total. The van der Waals surface area contributed by atoms with Crippen molar-refractivity contribution in [3.8, 4) is 0 Å². The first-order valence-corrected chi connectivity index (χ1v) is 15.0. The molecule has 5 rings (SSSR count). The molecule has 2 fully saturated rings. The molecule has 2 aromatic rings. The number of nitrogens with one attached hydrogen (secondary N) is 2. The molecule has 0 amide bonds. The van der Waals surface area contributed by atoms with E-state index in [1.54, 1.807) is 6.08 Å². The van der Waals surface area contributed by atoms with E-state index in [-0.39, 0.29) is 0 Å². The van der Waals surface area contributed by atoms with Crippen LogP contribution in [0.15, 0.2) is 90.2 Å². The van der Waals surface area contributed by atoms with Gasteiger partial charge >= 0.3 is 0 Å². The van der Waals surface area contributed by atoms with E-state index < -0.39 is 0 Å². The highest BCUT2D eigenvalue weighted by molar-refractivity contribution is 5.76. The van der Waals surface area contributed by atoms with Gasteiger partial charge in [0.15, 0.2) is 0 Å². The maximum Gasteiger partial charge on any atom is 0.0612 e. The largest absolute Gasteiger partial charge is 0.386 e. The van der Waals surface area contributed by atoms with Crippen LogP contribution in [0.2, 0.25) is 0 Å².